The van der Waals surface area contributed by atoms with Gasteiger partial charge in [0.25, 0.3) is 5.56 Å². The van der Waals surface area contributed by atoms with Crippen LogP contribution in [0.4, 0.5) is 0 Å². The van der Waals surface area contributed by atoms with Gasteiger partial charge in [-0.25, -0.2) is 4.79 Å². The summed E-state index contributed by atoms with van der Waals surface area (Å²) in [4.78, 5) is 24.0. The highest BCUT2D eigenvalue weighted by molar-refractivity contribution is 7.17. The van der Waals surface area contributed by atoms with Gasteiger partial charge in [0.2, 0.25) is 0 Å². The molecule has 2 heterocycles. The number of nitrogens with one attached hydrogen (secondary N) is 1. The Morgan fingerprint density at radius 2 is 2.21 bits per heavy atom. The molecule has 14 heavy (non-hydrogen) atoms. The molecule has 0 unspecified atom stereocenters. The van der Waals surface area contributed by atoms with Crippen molar-refractivity contribution in [2.45, 2.75) is 0 Å². The molecule has 0 saturated carbocycles. The fraction of sp³-hybridized carbons (Fsp3) is 0. The Morgan fingerprint density at radius 3 is 2.86 bits per heavy atom. The number of aromatic nitrogens is 1. The number of carboxylic acid groups (broad SMARTS) is 1. The van der Waals surface area contributed by atoms with Gasteiger partial charge in [0.1, 0.15) is 4.70 Å². The maximum Gasteiger partial charge on any atom is 0.356 e. The van der Waals surface area contributed by atoms with Crippen molar-refractivity contribution in [3.63, 3.8) is 0 Å². The number of H-pyrrole nitrogens is 1. The van der Waals surface area contributed by atoms with Crippen LogP contribution >= 0.6 is 11.3 Å². The zero-order valence-corrected chi connectivity index (χ0v) is 7.59. The topological polar surface area (TPSA) is 90.4 Å². The minimum Gasteiger partial charge on any atom is -0.505 e. The Balaban J connectivity index is 2.96. The van der Waals surface area contributed by atoms with Crippen molar-refractivity contribution in [1.29, 1.82) is 0 Å². The number of thiophene rings is 1. The second kappa shape index (κ2) is 2.85. The standard InChI is InChI=1S/C8H5NO4S/c10-5-3-1-2-14-6(3)7(11)9-4(5)8(12)13/h1-2,10H,(H,9,11)(H,12,13). The van der Waals surface area contributed by atoms with E-state index in [4.69, 9.17) is 5.11 Å². The average molecular weight is 211 g/mol. The van der Waals surface area contributed by atoms with Crippen LogP contribution in [0, 0.1) is 0 Å². The fourth-order valence-corrected chi connectivity index (χ4v) is 1.98. The van der Waals surface area contributed by atoms with Crippen LogP contribution in [0.2, 0.25) is 0 Å². The number of aromatic amines is 1. The summed E-state index contributed by atoms with van der Waals surface area (Å²) in [7, 11) is 0. The summed E-state index contributed by atoms with van der Waals surface area (Å²) in [6.07, 6.45) is 0. The van der Waals surface area contributed by atoms with Crippen molar-refractivity contribution < 1.29 is 15.0 Å². The zero-order chi connectivity index (χ0) is 10.3. The van der Waals surface area contributed by atoms with Gasteiger partial charge in [-0.3, -0.25) is 4.79 Å². The van der Waals surface area contributed by atoms with Crippen molar-refractivity contribution in [3.8, 4) is 5.75 Å². The Morgan fingerprint density at radius 1 is 1.50 bits per heavy atom. The van der Waals surface area contributed by atoms with E-state index in [0.717, 1.165) is 11.3 Å². The number of rotatable bonds is 1. The summed E-state index contributed by atoms with van der Waals surface area (Å²) in [5.74, 6) is -1.75. The van der Waals surface area contributed by atoms with Crippen LogP contribution < -0.4 is 5.56 Å². The van der Waals surface area contributed by atoms with Crippen molar-refractivity contribution in [2.75, 3.05) is 0 Å². The molecule has 2 aromatic heterocycles. The van der Waals surface area contributed by atoms with Crippen molar-refractivity contribution in [3.05, 3.63) is 27.5 Å². The highest BCUT2D eigenvalue weighted by atomic mass is 32.1. The summed E-state index contributed by atoms with van der Waals surface area (Å²) < 4.78 is 0.326. The summed E-state index contributed by atoms with van der Waals surface area (Å²) in [6, 6.07) is 1.51. The minimum atomic E-state index is -1.35. The number of aromatic carboxylic acids is 1. The van der Waals surface area contributed by atoms with E-state index in [-0.39, 0.29) is 5.39 Å². The minimum absolute atomic E-state index is 0.274. The molecule has 0 saturated heterocycles. The van der Waals surface area contributed by atoms with E-state index in [0.29, 0.717) is 4.70 Å². The Kier molecular flexibility index (Phi) is 1.78. The summed E-state index contributed by atoms with van der Waals surface area (Å²) in [6.45, 7) is 0. The van der Waals surface area contributed by atoms with Crippen molar-refractivity contribution >= 4 is 27.4 Å². The van der Waals surface area contributed by atoms with Gasteiger partial charge in [-0.05, 0) is 11.4 Å². The van der Waals surface area contributed by atoms with Gasteiger partial charge >= 0.3 is 5.97 Å². The smallest absolute Gasteiger partial charge is 0.356 e. The lowest BCUT2D eigenvalue weighted by Gasteiger charge is -1.99. The highest BCUT2D eigenvalue weighted by Gasteiger charge is 2.16. The second-order valence-corrected chi connectivity index (χ2v) is 3.56. The van der Waals surface area contributed by atoms with E-state index >= 15 is 0 Å². The van der Waals surface area contributed by atoms with Gasteiger partial charge in [-0.2, -0.15) is 0 Å². The van der Waals surface area contributed by atoms with Gasteiger partial charge in [-0.1, -0.05) is 0 Å². The van der Waals surface area contributed by atoms with Crippen LogP contribution in [0.3, 0.4) is 0 Å². The van der Waals surface area contributed by atoms with Crippen LogP contribution in [-0.4, -0.2) is 21.2 Å². The molecule has 0 bridgehead atoms. The number of pyridine rings is 1. The molecule has 5 nitrogen and oxygen atoms in total. The molecule has 6 heteroatoms. The maximum absolute atomic E-state index is 11.3. The third kappa shape index (κ3) is 1.08. The largest absolute Gasteiger partial charge is 0.505 e. The second-order valence-electron chi connectivity index (χ2n) is 2.65. The summed E-state index contributed by atoms with van der Waals surface area (Å²) in [5, 5.41) is 20.0. The predicted molar refractivity (Wildman–Crippen MR) is 51.1 cm³/mol. The molecule has 3 N–H and O–H groups in total. The van der Waals surface area contributed by atoms with Gasteiger partial charge in [-0.15, -0.1) is 11.3 Å². The van der Waals surface area contributed by atoms with Crippen molar-refractivity contribution in [1.82, 2.24) is 4.98 Å². The number of carboxylic acids is 1. The predicted octanol–water partition coefficient (Wildman–Crippen LogP) is 0.993. The lowest BCUT2D eigenvalue weighted by Crippen LogP contribution is -2.12. The number of carbonyl (C=O) groups is 1. The first-order chi connectivity index (χ1) is 6.61. The van der Waals surface area contributed by atoms with Crippen LogP contribution in [0.15, 0.2) is 16.2 Å². The van der Waals surface area contributed by atoms with Crippen LogP contribution in [0.25, 0.3) is 10.1 Å². The molecule has 0 radical (unpaired) electrons. The van der Waals surface area contributed by atoms with Crippen LogP contribution in [0.1, 0.15) is 10.5 Å². The summed E-state index contributed by atoms with van der Waals surface area (Å²) in [5.41, 5.74) is -0.967. The zero-order valence-electron chi connectivity index (χ0n) is 6.77. The molecule has 0 aliphatic rings. The van der Waals surface area contributed by atoms with E-state index in [1.807, 2.05) is 0 Å². The van der Waals surface area contributed by atoms with E-state index < -0.39 is 23.0 Å². The molecule has 0 aromatic carbocycles. The van der Waals surface area contributed by atoms with Gasteiger partial charge in [0.05, 0.1) is 0 Å². The number of fused-ring (bicyclic) bond motifs is 1. The number of hydrogen-bond donors (Lipinski definition) is 3. The average Bonchev–Trinajstić information content (AvgIpc) is 2.59. The Bertz CT molecular complexity index is 568. The Labute approximate surface area is 81.2 Å². The molecule has 0 spiro atoms. The third-order valence-corrected chi connectivity index (χ3v) is 2.73. The first-order valence-electron chi connectivity index (χ1n) is 3.67. The quantitative estimate of drug-likeness (QED) is 0.656. The van der Waals surface area contributed by atoms with Gasteiger partial charge in [0, 0.05) is 5.39 Å². The molecule has 72 valence electrons. The fourth-order valence-electron chi connectivity index (χ4n) is 1.19. The van der Waals surface area contributed by atoms with E-state index in [1.54, 1.807) is 5.38 Å². The normalized spacial score (nSPS) is 10.6. The van der Waals surface area contributed by atoms with Crippen molar-refractivity contribution in [2.24, 2.45) is 0 Å². The highest BCUT2D eigenvalue weighted by Crippen LogP contribution is 2.27. The molecule has 0 fully saturated rings. The van der Waals surface area contributed by atoms with Crippen LogP contribution in [-0.2, 0) is 0 Å². The molecular weight excluding hydrogens is 206 g/mol. The van der Waals surface area contributed by atoms with E-state index in [2.05, 4.69) is 4.98 Å². The lowest BCUT2D eigenvalue weighted by molar-refractivity contribution is 0.0687. The molecule has 0 atom stereocenters. The van der Waals surface area contributed by atoms with Gasteiger partial charge in [0.15, 0.2) is 11.4 Å². The number of hydrogen-bond acceptors (Lipinski definition) is 4. The molecule has 2 rings (SSSR count). The molecule has 0 aliphatic carbocycles. The third-order valence-electron chi connectivity index (χ3n) is 1.82. The lowest BCUT2D eigenvalue weighted by atomic mass is 10.2. The first-order valence-corrected chi connectivity index (χ1v) is 4.55. The van der Waals surface area contributed by atoms with E-state index in [9.17, 15) is 14.7 Å². The van der Waals surface area contributed by atoms with E-state index in [1.165, 1.54) is 6.07 Å². The SMILES string of the molecule is O=C(O)c1[nH]c(=O)c2sccc2c1O. The molecule has 0 aliphatic heterocycles. The number of aromatic hydroxyl groups is 1. The monoisotopic (exact) mass is 211 g/mol. The van der Waals surface area contributed by atoms with Crippen LogP contribution in [0.5, 0.6) is 5.75 Å². The first kappa shape index (κ1) is 8.76. The van der Waals surface area contributed by atoms with Gasteiger partial charge < -0.3 is 15.2 Å². The Hall–Kier alpha value is -1.82. The molecular formula is C8H5NO4S. The molecule has 0 amide bonds. The maximum atomic E-state index is 11.3. The molecule has 2 aromatic rings. The summed E-state index contributed by atoms with van der Waals surface area (Å²) >= 11 is 1.15.